The fourth-order valence-corrected chi connectivity index (χ4v) is 6.08. The zero-order valence-corrected chi connectivity index (χ0v) is 19.0. The molecule has 3 aliphatic rings. The molecule has 0 aromatic carbocycles. The van der Waals surface area contributed by atoms with Gasteiger partial charge in [0.05, 0.1) is 21.7 Å². The predicted octanol–water partition coefficient (Wildman–Crippen LogP) is 5.61. The molecule has 2 N–H and O–H groups in total. The normalized spacial score (nSPS) is 25.7. The Balaban J connectivity index is 1.38. The molecule has 0 amide bonds. The fourth-order valence-electron chi connectivity index (χ4n) is 5.01. The number of nitrogens with one attached hydrogen (secondary N) is 2. The molecule has 3 aromatic rings. The van der Waals surface area contributed by atoms with Gasteiger partial charge in [-0.25, -0.2) is 18.7 Å². The summed E-state index contributed by atoms with van der Waals surface area (Å²) in [5.74, 6) is -1.69. The number of anilines is 2. The number of thiazole rings is 1. The molecule has 2 unspecified atom stereocenters. The largest absolute Gasteiger partial charge is 0.367 e. The average molecular weight is 457 g/mol. The summed E-state index contributed by atoms with van der Waals surface area (Å²) < 4.78 is 28.5. The Morgan fingerprint density at radius 2 is 1.94 bits per heavy atom. The molecule has 0 bridgehead atoms. The first-order chi connectivity index (χ1) is 15.5. The van der Waals surface area contributed by atoms with Gasteiger partial charge in [0.1, 0.15) is 16.3 Å². The molecule has 6 rings (SSSR count). The quantitative estimate of drug-likeness (QED) is 0.481. The van der Waals surface area contributed by atoms with Crippen LogP contribution in [0.4, 0.5) is 20.5 Å². The number of nitrogens with zero attached hydrogens (tertiary/aromatic N) is 4. The van der Waals surface area contributed by atoms with Gasteiger partial charge in [0, 0.05) is 36.5 Å². The minimum atomic E-state index is -2.48. The van der Waals surface area contributed by atoms with E-state index in [1.807, 2.05) is 19.2 Å². The van der Waals surface area contributed by atoms with Crippen molar-refractivity contribution in [3.8, 4) is 10.6 Å². The number of aromatic nitrogens is 4. The van der Waals surface area contributed by atoms with Gasteiger partial charge in [0.25, 0.3) is 5.92 Å². The molecule has 168 valence electrons. The van der Waals surface area contributed by atoms with Crippen LogP contribution in [-0.2, 0) is 0 Å². The van der Waals surface area contributed by atoms with E-state index in [1.165, 1.54) is 12.8 Å². The summed E-state index contributed by atoms with van der Waals surface area (Å²) in [5, 5.41) is 7.60. The summed E-state index contributed by atoms with van der Waals surface area (Å²) in [6, 6.07) is 2.00. The summed E-state index contributed by atoms with van der Waals surface area (Å²) in [4.78, 5) is 19.0. The summed E-state index contributed by atoms with van der Waals surface area (Å²) >= 11 is 1.62. The van der Waals surface area contributed by atoms with Crippen LogP contribution in [-0.4, -0.2) is 38.4 Å². The first kappa shape index (κ1) is 20.2. The van der Waals surface area contributed by atoms with E-state index in [1.54, 1.807) is 11.3 Å². The molecule has 3 saturated carbocycles. The van der Waals surface area contributed by atoms with Gasteiger partial charge in [-0.2, -0.15) is 4.98 Å². The van der Waals surface area contributed by atoms with Gasteiger partial charge in [-0.05, 0) is 45.1 Å². The Morgan fingerprint density at radius 1 is 1.16 bits per heavy atom. The van der Waals surface area contributed by atoms with Crippen molar-refractivity contribution in [2.45, 2.75) is 63.8 Å². The molecule has 0 spiro atoms. The van der Waals surface area contributed by atoms with Crippen molar-refractivity contribution in [3.63, 3.8) is 0 Å². The van der Waals surface area contributed by atoms with Crippen LogP contribution >= 0.6 is 11.3 Å². The molecule has 3 atom stereocenters. The third kappa shape index (κ3) is 3.32. The highest BCUT2D eigenvalue weighted by atomic mass is 32.1. The van der Waals surface area contributed by atoms with Crippen LogP contribution in [0.25, 0.3) is 20.8 Å². The van der Waals surface area contributed by atoms with Crippen LogP contribution in [0.2, 0.25) is 0 Å². The maximum Gasteiger partial charge on any atom is 0.254 e. The third-order valence-electron chi connectivity index (χ3n) is 6.92. The monoisotopic (exact) mass is 456 g/mol. The van der Waals surface area contributed by atoms with Crippen LogP contribution in [0.1, 0.15) is 56.3 Å². The number of hydrogen-bond donors (Lipinski definition) is 2. The van der Waals surface area contributed by atoms with Gasteiger partial charge in [-0.3, -0.25) is 4.98 Å². The molecule has 0 radical (unpaired) electrons. The second kappa shape index (κ2) is 7.30. The third-order valence-corrected chi connectivity index (χ3v) is 7.96. The van der Waals surface area contributed by atoms with Crippen LogP contribution in [0.15, 0.2) is 12.3 Å². The lowest BCUT2D eigenvalue weighted by Gasteiger charge is -2.20. The smallest absolute Gasteiger partial charge is 0.254 e. The molecule has 0 saturated heterocycles. The second-order valence-electron chi connectivity index (χ2n) is 9.32. The number of fused-ring (bicyclic) bond motifs is 2. The second-order valence-corrected chi connectivity index (χ2v) is 10.4. The molecule has 3 fully saturated rings. The Bertz CT molecular complexity index is 1180. The van der Waals surface area contributed by atoms with Gasteiger partial charge in [-0.15, -0.1) is 11.3 Å². The van der Waals surface area contributed by atoms with Crippen molar-refractivity contribution < 1.29 is 8.78 Å². The highest BCUT2D eigenvalue weighted by Crippen LogP contribution is 2.64. The molecule has 3 aliphatic carbocycles. The van der Waals surface area contributed by atoms with Crippen molar-refractivity contribution in [2.24, 2.45) is 11.8 Å². The van der Waals surface area contributed by atoms with Gasteiger partial charge in [0.15, 0.2) is 0 Å². The average Bonchev–Trinajstić information content (AvgIpc) is 3.53. The van der Waals surface area contributed by atoms with Crippen molar-refractivity contribution in [1.82, 2.24) is 19.9 Å². The molecule has 6 nitrogen and oxygen atoms in total. The van der Waals surface area contributed by atoms with Gasteiger partial charge in [0.2, 0.25) is 5.95 Å². The lowest BCUT2D eigenvalue weighted by Crippen LogP contribution is -2.23. The Hall–Kier alpha value is -2.42. The summed E-state index contributed by atoms with van der Waals surface area (Å²) in [5.41, 5.74) is 3.74. The molecular weight excluding hydrogens is 430 g/mol. The van der Waals surface area contributed by atoms with E-state index in [2.05, 4.69) is 27.5 Å². The standard InChI is InChI=1S/C23H26F2N6S/c1-3-7-27-22-28-11(2)17(20(31-22)29-13-9-14-15(10-13)23(14,24)25)21-30-19-16(32-21)6-8-26-18(19)12-4-5-12/h6,8,12-15H,3-5,7,9-10H2,1-2H3,(H2,27,28,29,31)/t13?,14-,15?/m0/s1. The summed E-state index contributed by atoms with van der Waals surface area (Å²) in [7, 11) is 0. The Labute approximate surface area is 189 Å². The Morgan fingerprint density at radius 3 is 2.66 bits per heavy atom. The summed E-state index contributed by atoms with van der Waals surface area (Å²) in [6.45, 7) is 4.83. The van der Waals surface area contributed by atoms with Crippen LogP contribution in [0, 0.1) is 18.8 Å². The molecular formula is C23H26F2N6S. The molecule has 32 heavy (non-hydrogen) atoms. The maximum absolute atomic E-state index is 13.7. The predicted molar refractivity (Wildman–Crippen MR) is 123 cm³/mol. The van der Waals surface area contributed by atoms with Crippen LogP contribution in [0.5, 0.6) is 0 Å². The minimum Gasteiger partial charge on any atom is -0.367 e. The SMILES string of the molecule is CCCNc1nc(C)c(-c2nc3c(C4CC4)nccc3s2)c(NC2CC3[C@H](C2)C3(F)F)n1. The zero-order chi connectivity index (χ0) is 22.0. The van der Waals surface area contributed by atoms with E-state index in [-0.39, 0.29) is 6.04 Å². The van der Waals surface area contributed by atoms with E-state index in [0.29, 0.717) is 30.5 Å². The van der Waals surface area contributed by atoms with Crippen molar-refractivity contribution in [3.05, 3.63) is 23.7 Å². The van der Waals surface area contributed by atoms with Gasteiger partial charge < -0.3 is 10.6 Å². The minimum absolute atomic E-state index is 0.00484. The van der Waals surface area contributed by atoms with Gasteiger partial charge >= 0.3 is 0 Å². The van der Waals surface area contributed by atoms with Crippen molar-refractivity contribution >= 4 is 33.3 Å². The lowest BCUT2D eigenvalue weighted by atomic mass is 10.1. The maximum atomic E-state index is 13.7. The number of halogens is 2. The number of pyridine rings is 1. The van der Waals surface area contributed by atoms with Crippen molar-refractivity contribution in [2.75, 3.05) is 17.2 Å². The lowest BCUT2D eigenvalue weighted by molar-refractivity contribution is 0.0710. The Kier molecular flexibility index (Phi) is 4.61. The van der Waals surface area contributed by atoms with Crippen molar-refractivity contribution in [1.29, 1.82) is 0 Å². The highest BCUT2D eigenvalue weighted by molar-refractivity contribution is 7.21. The van der Waals surface area contributed by atoms with E-state index in [9.17, 15) is 8.78 Å². The van der Waals surface area contributed by atoms with E-state index < -0.39 is 17.8 Å². The number of aryl methyl sites for hydroxylation is 1. The van der Waals surface area contributed by atoms with Crippen LogP contribution in [0.3, 0.4) is 0 Å². The molecule has 3 aromatic heterocycles. The highest BCUT2D eigenvalue weighted by Gasteiger charge is 2.71. The topological polar surface area (TPSA) is 75.6 Å². The molecule has 0 aliphatic heterocycles. The van der Waals surface area contributed by atoms with E-state index in [4.69, 9.17) is 9.97 Å². The number of hydrogen-bond acceptors (Lipinski definition) is 7. The first-order valence-corrected chi connectivity index (χ1v) is 12.3. The zero-order valence-electron chi connectivity index (χ0n) is 18.2. The van der Waals surface area contributed by atoms with Crippen LogP contribution < -0.4 is 10.6 Å². The fraction of sp³-hybridized carbons (Fsp3) is 0.565. The molecule has 3 heterocycles. The number of alkyl halides is 2. The number of rotatable bonds is 7. The van der Waals surface area contributed by atoms with E-state index in [0.717, 1.165) is 45.1 Å². The van der Waals surface area contributed by atoms with Gasteiger partial charge in [-0.1, -0.05) is 6.92 Å². The van der Waals surface area contributed by atoms with E-state index >= 15 is 0 Å². The first-order valence-electron chi connectivity index (χ1n) is 11.5. The summed E-state index contributed by atoms with van der Waals surface area (Å²) in [6.07, 6.45) is 6.12. The molecule has 9 heteroatoms.